The smallest absolute Gasteiger partial charge is 0.321 e. The van der Waals surface area contributed by atoms with Crippen molar-refractivity contribution in [2.75, 3.05) is 13.2 Å². The lowest BCUT2D eigenvalue weighted by Crippen LogP contribution is -2.36. The molecule has 2 atom stereocenters. The van der Waals surface area contributed by atoms with Crippen LogP contribution in [0, 0.1) is 27.4 Å². The van der Waals surface area contributed by atoms with E-state index in [1.165, 1.54) is 36.4 Å². The second-order valence-electron chi connectivity index (χ2n) is 6.64. The Morgan fingerprint density at radius 1 is 1.00 bits per heavy atom. The van der Waals surface area contributed by atoms with Crippen molar-refractivity contribution in [3.05, 3.63) is 73.8 Å². The zero-order chi connectivity index (χ0) is 23.8. The lowest BCUT2D eigenvalue weighted by Gasteiger charge is -2.28. The van der Waals surface area contributed by atoms with Crippen molar-refractivity contribution in [3.8, 4) is 6.07 Å². The number of non-ortho nitro benzene ring substituents is 1. The van der Waals surface area contributed by atoms with Crippen molar-refractivity contribution in [2.45, 2.75) is 25.7 Å². The summed E-state index contributed by atoms with van der Waals surface area (Å²) in [4.78, 5) is 36.1. The van der Waals surface area contributed by atoms with Gasteiger partial charge in [-0.1, -0.05) is 41.4 Å². The first kappa shape index (κ1) is 25.1. The molecule has 168 valence electrons. The Morgan fingerprint density at radius 2 is 1.53 bits per heavy atom. The number of carbonyl (C=O) groups excluding carboxylic acids is 2. The predicted octanol–water partition coefficient (Wildman–Crippen LogP) is 5.03. The van der Waals surface area contributed by atoms with Gasteiger partial charge in [0, 0.05) is 18.1 Å². The van der Waals surface area contributed by atoms with Gasteiger partial charge in [-0.15, -0.1) is 0 Å². The second-order valence-corrected chi connectivity index (χ2v) is 7.45. The lowest BCUT2D eigenvalue weighted by atomic mass is 9.74. The van der Waals surface area contributed by atoms with Gasteiger partial charge in [0.1, 0.15) is 0 Å². The van der Waals surface area contributed by atoms with Crippen LogP contribution in [-0.4, -0.2) is 30.1 Å². The Balaban J connectivity index is 2.70. The fourth-order valence-corrected chi connectivity index (χ4v) is 3.62. The maximum atomic E-state index is 12.8. The Hall–Kier alpha value is -3.15. The molecule has 0 aliphatic heterocycles. The minimum atomic E-state index is -1.48. The Bertz CT molecular complexity index is 1020. The second kappa shape index (κ2) is 11.5. The van der Waals surface area contributed by atoms with Crippen LogP contribution >= 0.6 is 23.2 Å². The molecule has 2 rings (SSSR count). The molecule has 10 heteroatoms. The number of nitro benzene ring substituents is 1. The van der Waals surface area contributed by atoms with Crippen LogP contribution in [0.3, 0.4) is 0 Å². The maximum Gasteiger partial charge on any atom is 0.321 e. The van der Waals surface area contributed by atoms with Gasteiger partial charge in [-0.25, -0.2) is 0 Å². The molecule has 0 bridgehead atoms. The Labute approximate surface area is 194 Å². The number of ether oxygens (including phenoxy) is 2. The molecule has 2 aromatic carbocycles. The molecule has 0 heterocycles. The molecule has 0 saturated heterocycles. The van der Waals surface area contributed by atoms with E-state index in [0.29, 0.717) is 11.1 Å². The Kier molecular flexibility index (Phi) is 9.00. The number of nitro groups is 1. The largest absolute Gasteiger partial charge is 0.465 e. The van der Waals surface area contributed by atoms with Crippen LogP contribution in [0.1, 0.15) is 36.8 Å². The van der Waals surface area contributed by atoms with Crippen molar-refractivity contribution in [3.63, 3.8) is 0 Å². The van der Waals surface area contributed by atoms with Crippen LogP contribution in [0.2, 0.25) is 10.0 Å². The molecule has 0 amide bonds. The highest BCUT2D eigenvalue weighted by Crippen LogP contribution is 2.42. The fraction of sp³-hybridized carbons (Fsp3) is 0.318. The van der Waals surface area contributed by atoms with E-state index in [0.717, 1.165) is 0 Å². The number of rotatable bonds is 9. The topological polar surface area (TPSA) is 120 Å². The molecule has 0 aliphatic carbocycles. The number of nitrogens with zero attached hydrogens (tertiary/aromatic N) is 2. The number of carbonyl (C=O) groups is 2. The van der Waals surface area contributed by atoms with E-state index in [-0.39, 0.29) is 28.9 Å². The highest BCUT2D eigenvalue weighted by Gasteiger charge is 2.43. The van der Waals surface area contributed by atoms with Gasteiger partial charge in [-0.05, 0) is 37.1 Å². The van der Waals surface area contributed by atoms with Gasteiger partial charge in [-0.3, -0.25) is 19.7 Å². The normalized spacial score (nSPS) is 12.5. The number of hydrogen-bond acceptors (Lipinski definition) is 7. The van der Waals surface area contributed by atoms with Crippen molar-refractivity contribution in [1.29, 1.82) is 5.26 Å². The molecule has 32 heavy (non-hydrogen) atoms. The summed E-state index contributed by atoms with van der Waals surface area (Å²) in [5, 5.41) is 21.5. The van der Waals surface area contributed by atoms with Gasteiger partial charge in [0.2, 0.25) is 0 Å². The third kappa shape index (κ3) is 5.75. The van der Waals surface area contributed by atoms with E-state index in [1.54, 1.807) is 19.9 Å². The number of halogens is 2. The molecule has 0 aliphatic rings. The molecule has 0 radical (unpaired) electrons. The summed E-state index contributed by atoms with van der Waals surface area (Å²) >= 11 is 12.2. The predicted molar refractivity (Wildman–Crippen MR) is 117 cm³/mol. The van der Waals surface area contributed by atoms with Crippen LogP contribution < -0.4 is 0 Å². The number of hydrogen-bond donors (Lipinski definition) is 0. The highest BCUT2D eigenvalue weighted by atomic mass is 35.5. The molecule has 8 nitrogen and oxygen atoms in total. The van der Waals surface area contributed by atoms with E-state index >= 15 is 0 Å². The minimum Gasteiger partial charge on any atom is -0.465 e. The summed E-state index contributed by atoms with van der Waals surface area (Å²) < 4.78 is 10.2. The van der Waals surface area contributed by atoms with Crippen molar-refractivity contribution < 1.29 is 24.0 Å². The van der Waals surface area contributed by atoms with E-state index in [2.05, 4.69) is 6.07 Å². The van der Waals surface area contributed by atoms with E-state index < -0.39 is 34.6 Å². The first-order chi connectivity index (χ1) is 15.2. The molecule has 2 aromatic rings. The van der Waals surface area contributed by atoms with Crippen LogP contribution in [0.25, 0.3) is 0 Å². The SMILES string of the molecule is CCOC(=O)C(C(=O)OCC)[C@H](c1ccc(Cl)c(Cl)c1)[C@@H](C#N)c1ccc([N+](=O)[O-])cc1. The van der Waals surface area contributed by atoms with Crippen molar-refractivity contribution in [1.82, 2.24) is 0 Å². The van der Waals surface area contributed by atoms with Gasteiger partial charge in [0.25, 0.3) is 5.69 Å². The number of benzene rings is 2. The van der Waals surface area contributed by atoms with E-state index in [4.69, 9.17) is 32.7 Å². The molecular formula is C22H20Cl2N2O6. The molecule has 0 unspecified atom stereocenters. The summed E-state index contributed by atoms with van der Waals surface area (Å²) in [7, 11) is 0. The van der Waals surface area contributed by atoms with Gasteiger partial charge in [-0.2, -0.15) is 5.26 Å². The lowest BCUT2D eigenvalue weighted by molar-refractivity contribution is -0.384. The van der Waals surface area contributed by atoms with Gasteiger partial charge < -0.3 is 9.47 Å². The average Bonchev–Trinajstić information content (AvgIpc) is 2.76. The van der Waals surface area contributed by atoms with Crippen LogP contribution in [0.5, 0.6) is 0 Å². The van der Waals surface area contributed by atoms with Gasteiger partial charge in [0.15, 0.2) is 5.92 Å². The first-order valence-electron chi connectivity index (χ1n) is 9.67. The molecule has 0 aromatic heterocycles. The molecule has 0 saturated carbocycles. The van der Waals surface area contributed by atoms with Crippen LogP contribution in [0.4, 0.5) is 5.69 Å². The van der Waals surface area contributed by atoms with Crippen LogP contribution in [-0.2, 0) is 19.1 Å². The summed E-state index contributed by atoms with van der Waals surface area (Å²) in [5.41, 5.74) is 0.590. The molecule has 0 fully saturated rings. The number of esters is 2. The first-order valence-corrected chi connectivity index (χ1v) is 10.4. The fourth-order valence-electron chi connectivity index (χ4n) is 3.32. The maximum absolute atomic E-state index is 12.8. The third-order valence-corrected chi connectivity index (χ3v) is 5.47. The standard InChI is InChI=1S/C22H20Cl2N2O6/c1-3-31-21(27)20(22(28)32-4-2)19(14-7-10-17(23)18(24)11-14)16(12-25)13-5-8-15(9-6-13)26(29)30/h5-11,16,19-20H,3-4H2,1-2H3/t16-,19+/m0/s1. The number of nitriles is 1. The minimum absolute atomic E-state index is 0.0115. The molecular weight excluding hydrogens is 459 g/mol. The zero-order valence-corrected chi connectivity index (χ0v) is 18.8. The summed E-state index contributed by atoms with van der Waals surface area (Å²) in [5.74, 6) is -5.32. The van der Waals surface area contributed by atoms with E-state index in [1.807, 2.05) is 0 Å². The molecule has 0 spiro atoms. The third-order valence-electron chi connectivity index (χ3n) is 4.73. The summed E-state index contributed by atoms with van der Waals surface area (Å²) in [6.45, 7) is 3.20. The zero-order valence-electron chi connectivity index (χ0n) is 17.3. The van der Waals surface area contributed by atoms with Gasteiger partial charge in [0.05, 0.1) is 40.2 Å². The van der Waals surface area contributed by atoms with Gasteiger partial charge >= 0.3 is 11.9 Å². The van der Waals surface area contributed by atoms with Crippen molar-refractivity contribution >= 4 is 40.8 Å². The monoisotopic (exact) mass is 478 g/mol. The Morgan fingerprint density at radius 3 is 1.97 bits per heavy atom. The van der Waals surface area contributed by atoms with Crippen LogP contribution in [0.15, 0.2) is 42.5 Å². The quantitative estimate of drug-likeness (QED) is 0.214. The van der Waals surface area contributed by atoms with E-state index in [9.17, 15) is 25.0 Å². The average molecular weight is 479 g/mol. The summed E-state index contributed by atoms with van der Waals surface area (Å²) in [6.07, 6.45) is 0. The van der Waals surface area contributed by atoms with Crippen molar-refractivity contribution in [2.24, 2.45) is 5.92 Å². The highest BCUT2D eigenvalue weighted by molar-refractivity contribution is 6.42. The molecule has 0 N–H and O–H groups in total. The summed E-state index contributed by atoms with van der Waals surface area (Å²) in [6, 6.07) is 11.9.